The van der Waals surface area contributed by atoms with E-state index >= 15 is 0 Å². The first-order valence-corrected chi connectivity index (χ1v) is 6.55. The summed E-state index contributed by atoms with van der Waals surface area (Å²) >= 11 is 0. The Morgan fingerprint density at radius 2 is 2.06 bits per heavy atom. The van der Waals surface area contributed by atoms with Gasteiger partial charge in [-0.05, 0) is 42.9 Å². The summed E-state index contributed by atoms with van der Waals surface area (Å²) in [5.41, 5.74) is 2.51. The molecule has 0 saturated heterocycles. The Morgan fingerprint density at radius 3 is 2.67 bits per heavy atom. The second kappa shape index (κ2) is 7.75. The number of carboxylic acid groups (broad SMARTS) is 1. The SMILES string of the molecule is CCCc1cc(CCCCC(=O)O)ccc1OC. The second-order valence-electron chi connectivity index (χ2n) is 4.50. The molecule has 1 aromatic rings. The van der Waals surface area contributed by atoms with Gasteiger partial charge in [0.15, 0.2) is 0 Å². The number of benzene rings is 1. The van der Waals surface area contributed by atoms with Crippen LogP contribution in [0.4, 0.5) is 0 Å². The molecule has 0 atom stereocenters. The molecule has 3 nitrogen and oxygen atoms in total. The number of rotatable bonds is 8. The van der Waals surface area contributed by atoms with Crippen LogP contribution in [0.15, 0.2) is 18.2 Å². The van der Waals surface area contributed by atoms with Gasteiger partial charge >= 0.3 is 5.97 Å². The fraction of sp³-hybridized carbons (Fsp3) is 0.533. The third-order valence-electron chi connectivity index (χ3n) is 2.97. The normalized spacial score (nSPS) is 10.3. The van der Waals surface area contributed by atoms with E-state index in [9.17, 15) is 4.79 Å². The molecular weight excluding hydrogens is 228 g/mol. The second-order valence-corrected chi connectivity index (χ2v) is 4.50. The molecule has 1 rings (SSSR count). The van der Waals surface area contributed by atoms with Crippen molar-refractivity contribution in [2.75, 3.05) is 7.11 Å². The lowest BCUT2D eigenvalue weighted by atomic mass is 10.0. The van der Waals surface area contributed by atoms with Crippen molar-refractivity contribution in [2.45, 2.75) is 45.4 Å². The minimum absolute atomic E-state index is 0.262. The Balaban J connectivity index is 2.55. The molecule has 3 heteroatoms. The minimum atomic E-state index is -0.712. The van der Waals surface area contributed by atoms with E-state index in [4.69, 9.17) is 9.84 Å². The fourth-order valence-electron chi connectivity index (χ4n) is 2.06. The number of aryl methyl sites for hydroxylation is 2. The maximum Gasteiger partial charge on any atom is 0.303 e. The lowest BCUT2D eigenvalue weighted by Gasteiger charge is -2.10. The highest BCUT2D eigenvalue weighted by atomic mass is 16.5. The number of ether oxygens (including phenoxy) is 1. The van der Waals surface area contributed by atoms with E-state index in [-0.39, 0.29) is 6.42 Å². The maximum absolute atomic E-state index is 10.4. The van der Waals surface area contributed by atoms with E-state index in [2.05, 4.69) is 19.1 Å². The first kappa shape index (κ1) is 14.6. The van der Waals surface area contributed by atoms with E-state index in [0.717, 1.165) is 37.9 Å². The van der Waals surface area contributed by atoms with E-state index in [1.807, 2.05) is 6.07 Å². The highest BCUT2D eigenvalue weighted by Crippen LogP contribution is 2.22. The Labute approximate surface area is 109 Å². The molecule has 0 fully saturated rings. The Bertz CT molecular complexity index is 385. The van der Waals surface area contributed by atoms with Crippen molar-refractivity contribution in [3.63, 3.8) is 0 Å². The van der Waals surface area contributed by atoms with E-state index in [0.29, 0.717) is 0 Å². The summed E-state index contributed by atoms with van der Waals surface area (Å²) in [5.74, 6) is 0.238. The van der Waals surface area contributed by atoms with Crippen LogP contribution in [0.5, 0.6) is 5.75 Å². The van der Waals surface area contributed by atoms with Gasteiger partial charge in [0.25, 0.3) is 0 Å². The van der Waals surface area contributed by atoms with Crippen LogP contribution in [-0.4, -0.2) is 18.2 Å². The summed E-state index contributed by atoms with van der Waals surface area (Å²) in [6.45, 7) is 2.15. The van der Waals surface area contributed by atoms with Gasteiger partial charge in [-0.15, -0.1) is 0 Å². The molecule has 0 amide bonds. The molecule has 0 radical (unpaired) electrons. The van der Waals surface area contributed by atoms with Crippen molar-refractivity contribution in [1.29, 1.82) is 0 Å². The van der Waals surface area contributed by atoms with Crippen molar-refractivity contribution in [3.05, 3.63) is 29.3 Å². The summed E-state index contributed by atoms with van der Waals surface area (Å²) in [7, 11) is 1.70. The van der Waals surface area contributed by atoms with E-state index in [1.54, 1.807) is 7.11 Å². The highest BCUT2D eigenvalue weighted by molar-refractivity contribution is 5.66. The molecular formula is C15H22O3. The molecule has 0 saturated carbocycles. The van der Waals surface area contributed by atoms with Gasteiger partial charge in [0.1, 0.15) is 5.75 Å². The van der Waals surface area contributed by atoms with Crippen LogP contribution in [0.3, 0.4) is 0 Å². The molecule has 0 aliphatic heterocycles. The number of unbranched alkanes of at least 4 members (excludes halogenated alkanes) is 1. The summed E-state index contributed by atoms with van der Waals surface area (Å²) in [5, 5.41) is 8.58. The number of aliphatic carboxylic acids is 1. The third-order valence-corrected chi connectivity index (χ3v) is 2.97. The summed E-state index contributed by atoms with van der Waals surface area (Å²) < 4.78 is 5.33. The summed E-state index contributed by atoms with van der Waals surface area (Å²) in [6, 6.07) is 6.26. The van der Waals surface area contributed by atoms with Gasteiger partial charge in [0.2, 0.25) is 0 Å². The molecule has 1 aromatic carbocycles. The zero-order valence-electron chi connectivity index (χ0n) is 11.2. The first-order valence-electron chi connectivity index (χ1n) is 6.55. The average molecular weight is 250 g/mol. The predicted molar refractivity (Wildman–Crippen MR) is 72.2 cm³/mol. The summed E-state index contributed by atoms with van der Waals surface area (Å²) in [6.07, 6.45) is 4.98. The fourth-order valence-corrected chi connectivity index (χ4v) is 2.06. The topological polar surface area (TPSA) is 46.5 Å². The van der Waals surface area contributed by atoms with Crippen LogP contribution in [0.1, 0.15) is 43.7 Å². The van der Waals surface area contributed by atoms with Crippen molar-refractivity contribution >= 4 is 5.97 Å². The van der Waals surface area contributed by atoms with Gasteiger partial charge < -0.3 is 9.84 Å². The van der Waals surface area contributed by atoms with Crippen LogP contribution in [0, 0.1) is 0 Å². The van der Waals surface area contributed by atoms with Gasteiger partial charge in [0.05, 0.1) is 7.11 Å². The maximum atomic E-state index is 10.4. The number of carbonyl (C=O) groups is 1. The van der Waals surface area contributed by atoms with Crippen LogP contribution in [0.25, 0.3) is 0 Å². The Morgan fingerprint density at radius 1 is 1.28 bits per heavy atom. The largest absolute Gasteiger partial charge is 0.496 e. The molecule has 0 aliphatic carbocycles. The lowest BCUT2D eigenvalue weighted by molar-refractivity contribution is -0.137. The van der Waals surface area contributed by atoms with E-state index in [1.165, 1.54) is 11.1 Å². The number of methoxy groups -OCH3 is 1. The standard InChI is InChI=1S/C15H22O3/c1-3-6-13-11-12(9-10-14(13)18-2)7-4-5-8-15(16)17/h9-11H,3-8H2,1-2H3,(H,16,17). The van der Waals surface area contributed by atoms with Crippen molar-refractivity contribution in [2.24, 2.45) is 0 Å². The van der Waals surface area contributed by atoms with Crippen molar-refractivity contribution in [3.8, 4) is 5.75 Å². The molecule has 0 bridgehead atoms. The van der Waals surface area contributed by atoms with Gasteiger partial charge in [-0.2, -0.15) is 0 Å². The zero-order chi connectivity index (χ0) is 13.4. The van der Waals surface area contributed by atoms with Crippen molar-refractivity contribution < 1.29 is 14.6 Å². The van der Waals surface area contributed by atoms with Gasteiger partial charge in [-0.25, -0.2) is 0 Å². The van der Waals surface area contributed by atoms with Gasteiger partial charge in [-0.1, -0.05) is 25.5 Å². The van der Waals surface area contributed by atoms with Gasteiger partial charge in [0, 0.05) is 6.42 Å². The number of hydrogen-bond acceptors (Lipinski definition) is 2. The lowest BCUT2D eigenvalue weighted by Crippen LogP contribution is -1.97. The molecule has 0 spiro atoms. The Hall–Kier alpha value is -1.51. The molecule has 0 heterocycles. The quantitative estimate of drug-likeness (QED) is 0.719. The van der Waals surface area contributed by atoms with Crippen LogP contribution >= 0.6 is 0 Å². The third kappa shape index (κ3) is 4.78. The predicted octanol–water partition coefficient (Wildman–Crippen LogP) is 3.45. The molecule has 18 heavy (non-hydrogen) atoms. The van der Waals surface area contributed by atoms with E-state index < -0.39 is 5.97 Å². The molecule has 100 valence electrons. The molecule has 0 unspecified atom stereocenters. The number of carboxylic acids is 1. The van der Waals surface area contributed by atoms with Gasteiger partial charge in [-0.3, -0.25) is 4.79 Å². The monoisotopic (exact) mass is 250 g/mol. The molecule has 0 aliphatic rings. The molecule has 0 aromatic heterocycles. The molecule has 1 N–H and O–H groups in total. The van der Waals surface area contributed by atoms with Crippen LogP contribution < -0.4 is 4.74 Å². The van der Waals surface area contributed by atoms with Crippen LogP contribution in [0.2, 0.25) is 0 Å². The highest BCUT2D eigenvalue weighted by Gasteiger charge is 2.04. The first-order chi connectivity index (χ1) is 8.67. The minimum Gasteiger partial charge on any atom is -0.496 e. The van der Waals surface area contributed by atoms with Crippen molar-refractivity contribution in [1.82, 2.24) is 0 Å². The Kier molecular flexibility index (Phi) is 6.26. The smallest absolute Gasteiger partial charge is 0.303 e. The summed E-state index contributed by atoms with van der Waals surface area (Å²) in [4.78, 5) is 10.4. The average Bonchev–Trinajstić information content (AvgIpc) is 2.35. The number of hydrogen-bond donors (Lipinski definition) is 1. The van der Waals surface area contributed by atoms with Crippen LogP contribution in [-0.2, 0) is 17.6 Å². The zero-order valence-corrected chi connectivity index (χ0v) is 11.2.